The molecule has 3 nitrogen and oxygen atoms in total. The van der Waals surface area contributed by atoms with Crippen LogP contribution in [0.3, 0.4) is 0 Å². The number of rotatable bonds is 3. The fourth-order valence-corrected chi connectivity index (χ4v) is 1.22. The maximum absolute atomic E-state index is 5.26. The van der Waals surface area contributed by atoms with E-state index in [2.05, 4.69) is 12.1 Å². The normalized spacial score (nSPS) is 28.1. The fourth-order valence-electron chi connectivity index (χ4n) is 1.22. The van der Waals surface area contributed by atoms with Gasteiger partial charge >= 0.3 is 0 Å². The van der Waals surface area contributed by atoms with E-state index in [1.165, 1.54) is 19.3 Å². The molecule has 1 heterocycles. The van der Waals surface area contributed by atoms with Crippen LogP contribution in [0.1, 0.15) is 26.2 Å². The second-order valence-corrected chi connectivity index (χ2v) is 4.04. The topological polar surface area (TPSA) is 30.8 Å². The largest absolute Gasteiger partial charge is 0.393 e. The maximum atomic E-state index is 5.26. The lowest BCUT2D eigenvalue weighted by Gasteiger charge is -2.34. The van der Waals surface area contributed by atoms with Crippen molar-refractivity contribution in [3.05, 3.63) is 0 Å². The first kappa shape index (κ1) is 8.05. The summed E-state index contributed by atoms with van der Waals surface area (Å²) in [5.41, 5.74) is 0.143. The highest BCUT2D eigenvalue weighted by Gasteiger charge is 2.32. The van der Waals surface area contributed by atoms with E-state index in [0.29, 0.717) is 6.10 Å². The summed E-state index contributed by atoms with van der Waals surface area (Å²) >= 11 is 0. The van der Waals surface area contributed by atoms with Crippen LogP contribution in [0.15, 0.2) is 5.16 Å². The van der Waals surface area contributed by atoms with E-state index in [9.17, 15) is 0 Å². The Morgan fingerprint density at radius 3 is 2.67 bits per heavy atom. The van der Waals surface area contributed by atoms with E-state index in [-0.39, 0.29) is 5.41 Å². The van der Waals surface area contributed by atoms with Crippen molar-refractivity contribution in [2.24, 2.45) is 10.6 Å². The Balaban J connectivity index is 1.70. The molecule has 0 aromatic carbocycles. The Morgan fingerprint density at radius 1 is 1.50 bits per heavy atom. The van der Waals surface area contributed by atoms with Gasteiger partial charge in [0, 0.05) is 0 Å². The minimum atomic E-state index is 0.143. The lowest BCUT2D eigenvalue weighted by Crippen LogP contribution is -2.41. The zero-order valence-corrected chi connectivity index (χ0v) is 7.45. The molecule has 1 aliphatic carbocycles. The van der Waals surface area contributed by atoms with Crippen molar-refractivity contribution in [2.45, 2.75) is 32.3 Å². The van der Waals surface area contributed by atoms with Gasteiger partial charge in [-0.25, -0.2) is 0 Å². The van der Waals surface area contributed by atoms with Crippen molar-refractivity contribution in [3.63, 3.8) is 0 Å². The second-order valence-electron chi connectivity index (χ2n) is 4.04. The molecule has 0 bridgehead atoms. The third kappa shape index (κ3) is 1.61. The van der Waals surface area contributed by atoms with Crippen molar-refractivity contribution < 1.29 is 9.57 Å². The van der Waals surface area contributed by atoms with Crippen LogP contribution in [0, 0.1) is 5.41 Å². The molecule has 12 heavy (non-hydrogen) atoms. The lowest BCUT2D eigenvalue weighted by molar-refractivity contribution is -0.0599. The highest BCUT2D eigenvalue weighted by molar-refractivity contribution is 5.65. The molecule has 0 atom stereocenters. The Labute approximate surface area is 72.7 Å². The molecule has 2 aliphatic rings. The summed E-state index contributed by atoms with van der Waals surface area (Å²) in [6.45, 7) is 3.69. The van der Waals surface area contributed by atoms with E-state index < -0.39 is 0 Å². The number of hydrogen-bond acceptors (Lipinski definition) is 3. The molecule has 3 heteroatoms. The van der Waals surface area contributed by atoms with Gasteiger partial charge in [0.2, 0.25) is 0 Å². The molecule has 0 unspecified atom stereocenters. The number of ether oxygens (including phenoxy) is 1. The SMILES string of the molecule is CC1(/C=N/OC2CCC2)COC1. The highest BCUT2D eigenvalue weighted by atomic mass is 16.6. The van der Waals surface area contributed by atoms with Gasteiger partial charge < -0.3 is 9.57 Å². The van der Waals surface area contributed by atoms with Gasteiger partial charge in [-0.3, -0.25) is 0 Å². The Morgan fingerprint density at radius 2 is 2.25 bits per heavy atom. The van der Waals surface area contributed by atoms with Gasteiger partial charge in [0.25, 0.3) is 0 Å². The van der Waals surface area contributed by atoms with Crippen LogP contribution in [0.5, 0.6) is 0 Å². The summed E-state index contributed by atoms with van der Waals surface area (Å²) in [6.07, 6.45) is 5.91. The molecule has 0 spiro atoms. The summed E-state index contributed by atoms with van der Waals surface area (Å²) in [5.74, 6) is 0. The van der Waals surface area contributed by atoms with E-state index in [4.69, 9.17) is 9.57 Å². The lowest BCUT2D eigenvalue weighted by atomic mass is 9.91. The molecule has 0 aromatic rings. The summed E-state index contributed by atoms with van der Waals surface area (Å²) in [6, 6.07) is 0. The average molecular weight is 169 g/mol. The first-order valence-electron chi connectivity index (χ1n) is 4.57. The first-order chi connectivity index (χ1) is 5.79. The van der Waals surface area contributed by atoms with Crippen molar-refractivity contribution in [3.8, 4) is 0 Å². The molecule has 1 saturated carbocycles. The molecule has 0 radical (unpaired) electrons. The Hall–Kier alpha value is -0.570. The van der Waals surface area contributed by atoms with E-state index in [0.717, 1.165) is 13.2 Å². The predicted octanol–water partition coefficient (Wildman–Crippen LogP) is 1.58. The molecule has 0 aromatic heterocycles. The maximum Gasteiger partial charge on any atom is 0.127 e. The molecule has 1 aliphatic heterocycles. The fraction of sp³-hybridized carbons (Fsp3) is 0.889. The summed E-state index contributed by atoms with van der Waals surface area (Å²) in [7, 11) is 0. The van der Waals surface area contributed by atoms with Crippen molar-refractivity contribution in [2.75, 3.05) is 13.2 Å². The summed E-state index contributed by atoms with van der Waals surface area (Å²) < 4.78 is 5.09. The van der Waals surface area contributed by atoms with E-state index >= 15 is 0 Å². The predicted molar refractivity (Wildman–Crippen MR) is 46.1 cm³/mol. The molecular formula is C9H15NO2. The number of oxime groups is 1. The molecule has 2 fully saturated rings. The van der Waals surface area contributed by atoms with Gasteiger partial charge in [-0.2, -0.15) is 0 Å². The van der Waals surface area contributed by atoms with Gasteiger partial charge in [0.05, 0.1) is 24.8 Å². The smallest absolute Gasteiger partial charge is 0.127 e. The molecule has 0 amide bonds. The van der Waals surface area contributed by atoms with Crippen molar-refractivity contribution in [1.82, 2.24) is 0 Å². The molecule has 68 valence electrons. The zero-order chi connectivity index (χ0) is 8.44. The molecule has 1 saturated heterocycles. The number of hydrogen-bond donors (Lipinski definition) is 0. The summed E-state index contributed by atoms with van der Waals surface area (Å²) in [5, 5.41) is 3.98. The Bertz CT molecular complexity index is 183. The third-order valence-electron chi connectivity index (χ3n) is 2.49. The minimum Gasteiger partial charge on any atom is -0.393 e. The van der Waals surface area contributed by atoms with Gasteiger partial charge in [-0.05, 0) is 19.3 Å². The van der Waals surface area contributed by atoms with Gasteiger partial charge in [-0.1, -0.05) is 12.1 Å². The van der Waals surface area contributed by atoms with E-state index in [1.54, 1.807) is 0 Å². The number of nitrogens with zero attached hydrogens (tertiary/aromatic N) is 1. The first-order valence-corrected chi connectivity index (χ1v) is 4.57. The van der Waals surface area contributed by atoms with Crippen LogP contribution in [-0.4, -0.2) is 25.5 Å². The van der Waals surface area contributed by atoms with Gasteiger partial charge in [0.1, 0.15) is 6.10 Å². The molecular weight excluding hydrogens is 154 g/mol. The Kier molecular flexibility index (Phi) is 2.05. The average Bonchev–Trinajstić information content (AvgIpc) is 1.91. The van der Waals surface area contributed by atoms with Gasteiger partial charge in [-0.15, -0.1) is 0 Å². The van der Waals surface area contributed by atoms with Crippen LogP contribution in [-0.2, 0) is 9.57 Å². The van der Waals surface area contributed by atoms with Crippen LogP contribution in [0.2, 0.25) is 0 Å². The third-order valence-corrected chi connectivity index (χ3v) is 2.49. The van der Waals surface area contributed by atoms with Crippen LogP contribution >= 0.6 is 0 Å². The van der Waals surface area contributed by atoms with Crippen LogP contribution < -0.4 is 0 Å². The highest BCUT2D eigenvalue weighted by Crippen LogP contribution is 2.25. The minimum absolute atomic E-state index is 0.143. The van der Waals surface area contributed by atoms with Gasteiger partial charge in [0.15, 0.2) is 0 Å². The molecule has 0 N–H and O–H groups in total. The van der Waals surface area contributed by atoms with Crippen LogP contribution in [0.25, 0.3) is 0 Å². The monoisotopic (exact) mass is 169 g/mol. The second kappa shape index (κ2) is 3.05. The quantitative estimate of drug-likeness (QED) is 0.474. The molecule has 2 rings (SSSR count). The standard InChI is InChI=1S/C9H15NO2/c1-9(6-11-7-9)5-10-12-8-3-2-4-8/h5,8H,2-4,6-7H2,1H3/b10-5+. The zero-order valence-electron chi connectivity index (χ0n) is 7.45. The van der Waals surface area contributed by atoms with E-state index in [1.807, 2.05) is 6.21 Å². The van der Waals surface area contributed by atoms with Crippen molar-refractivity contribution in [1.29, 1.82) is 0 Å². The van der Waals surface area contributed by atoms with Crippen molar-refractivity contribution >= 4 is 6.21 Å². The van der Waals surface area contributed by atoms with Crippen LogP contribution in [0.4, 0.5) is 0 Å². The summed E-state index contributed by atoms with van der Waals surface area (Å²) in [4.78, 5) is 5.26.